The van der Waals surface area contributed by atoms with Crippen LogP contribution >= 0.6 is 0 Å². The second-order valence-electron chi connectivity index (χ2n) is 5.96. The fraction of sp³-hybridized carbons (Fsp3) is 0.174. The molecule has 0 spiro atoms. The van der Waals surface area contributed by atoms with E-state index in [1.165, 1.54) is 5.56 Å². The topological polar surface area (TPSA) is 30.8 Å². The molecule has 3 nitrogen and oxygen atoms in total. The molecule has 3 aromatic carbocycles. The molecule has 0 N–H and O–H groups in total. The first kappa shape index (κ1) is 17.7. The van der Waals surface area contributed by atoms with Crippen LogP contribution in [0.2, 0.25) is 0 Å². The monoisotopic (exact) mass is 345 g/mol. The van der Waals surface area contributed by atoms with E-state index in [-0.39, 0.29) is 0 Å². The lowest BCUT2D eigenvalue weighted by Gasteiger charge is -2.11. The van der Waals surface area contributed by atoms with Gasteiger partial charge in [-0.2, -0.15) is 0 Å². The van der Waals surface area contributed by atoms with Gasteiger partial charge in [-0.15, -0.1) is 0 Å². The van der Waals surface area contributed by atoms with Crippen LogP contribution in [0.15, 0.2) is 77.8 Å². The van der Waals surface area contributed by atoms with Crippen LogP contribution in [-0.2, 0) is 13.0 Å². The third kappa shape index (κ3) is 4.73. The maximum absolute atomic E-state index is 5.89. The van der Waals surface area contributed by atoms with Crippen molar-refractivity contribution in [3.8, 4) is 11.5 Å². The van der Waals surface area contributed by atoms with Crippen molar-refractivity contribution in [3.05, 3.63) is 89.5 Å². The van der Waals surface area contributed by atoms with Crippen molar-refractivity contribution in [2.75, 3.05) is 7.11 Å². The van der Waals surface area contributed by atoms with Gasteiger partial charge in [0.15, 0.2) is 11.5 Å². The zero-order valence-corrected chi connectivity index (χ0v) is 15.2. The average molecular weight is 345 g/mol. The molecule has 0 aliphatic rings. The predicted molar refractivity (Wildman–Crippen MR) is 107 cm³/mol. The molecule has 0 bridgehead atoms. The summed E-state index contributed by atoms with van der Waals surface area (Å²) < 4.78 is 11.4. The molecule has 3 aromatic rings. The van der Waals surface area contributed by atoms with E-state index in [0.717, 1.165) is 29.0 Å². The number of nitrogens with zero attached hydrogens (tertiary/aromatic N) is 1. The standard InChI is InChI=1S/C23H23NO2/c1-3-18-9-12-21(13-10-18)24-16-20-11-14-22(23(15-20)25-2)26-17-19-7-5-4-6-8-19/h4-16H,3,17H2,1-2H3. The van der Waals surface area contributed by atoms with Gasteiger partial charge in [-0.1, -0.05) is 49.4 Å². The summed E-state index contributed by atoms with van der Waals surface area (Å²) in [6.07, 6.45) is 2.87. The van der Waals surface area contributed by atoms with E-state index in [2.05, 4.69) is 24.0 Å². The molecule has 0 amide bonds. The van der Waals surface area contributed by atoms with Gasteiger partial charge < -0.3 is 9.47 Å². The van der Waals surface area contributed by atoms with Crippen molar-refractivity contribution in [2.24, 2.45) is 4.99 Å². The predicted octanol–water partition coefficient (Wildman–Crippen LogP) is 5.59. The van der Waals surface area contributed by atoms with Gasteiger partial charge in [-0.25, -0.2) is 0 Å². The third-order valence-corrected chi connectivity index (χ3v) is 4.13. The molecule has 3 heteroatoms. The fourth-order valence-corrected chi connectivity index (χ4v) is 2.59. The number of ether oxygens (including phenoxy) is 2. The highest BCUT2D eigenvalue weighted by Gasteiger charge is 2.05. The van der Waals surface area contributed by atoms with Gasteiger partial charge in [0.2, 0.25) is 0 Å². The van der Waals surface area contributed by atoms with Crippen molar-refractivity contribution in [3.63, 3.8) is 0 Å². The zero-order chi connectivity index (χ0) is 18.2. The highest BCUT2D eigenvalue weighted by Crippen LogP contribution is 2.28. The molecule has 0 atom stereocenters. The molecule has 0 saturated heterocycles. The van der Waals surface area contributed by atoms with Crippen LogP contribution in [0.1, 0.15) is 23.6 Å². The lowest BCUT2D eigenvalue weighted by atomic mass is 10.1. The Morgan fingerprint density at radius 3 is 2.31 bits per heavy atom. The van der Waals surface area contributed by atoms with E-state index in [1.807, 2.05) is 66.9 Å². The molecule has 0 fully saturated rings. The van der Waals surface area contributed by atoms with Gasteiger partial charge in [-0.3, -0.25) is 4.99 Å². The molecule has 0 aromatic heterocycles. The van der Waals surface area contributed by atoms with Gasteiger partial charge in [-0.05, 0) is 53.4 Å². The number of methoxy groups -OCH3 is 1. The van der Waals surface area contributed by atoms with Gasteiger partial charge >= 0.3 is 0 Å². The summed E-state index contributed by atoms with van der Waals surface area (Å²) in [6, 6.07) is 24.2. The zero-order valence-electron chi connectivity index (χ0n) is 15.2. The van der Waals surface area contributed by atoms with Gasteiger partial charge in [0.1, 0.15) is 6.61 Å². The Balaban J connectivity index is 1.70. The Kier molecular flexibility index (Phi) is 6.05. The molecular weight excluding hydrogens is 322 g/mol. The molecule has 3 rings (SSSR count). The van der Waals surface area contributed by atoms with Crippen LogP contribution in [0.25, 0.3) is 0 Å². The molecule has 132 valence electrons. The second-order valence-corrected chi connectivity index (χ2v) is 5.96. The summed E-state index contributed by atoms with van der Waals surface area (Å²) in [5.41, 5.74) is 4.33. The van der Waals surface area contributed by atoms with Crippen LogP contribution < -0.4 is 9.47 Å². The quantitative estimate of drug-likeness (QED) is 0.523. The van der Waals surface area contributed by atoms with Crippen LogP contribution in [0, 0.1) is 0 Å². The molecule has 0 radical (unpaired) electrons. The Morgan fingerprint density at radius 1 is 0.846 bits per heavy atom. The SMILES string of the molecule is CCc1ccc(N=Cc2ccc(OCc3ccccc3)c(OC)c2)cc1. The Morgan fingerprint density at radius 2 is 1.62 bits per heavy atom. The van der Waals surface area contributed by atoms with E-state index >= 15 is 0 Å². The Labute approximate surface area is 154 Å². The maximum Gasteiger partial charge on any atom is 0.161 e. The van der Waals surface area contributed by atoms with Crippen LogP contribution in [0.5, 0.6) is 11.5 Å². The first-order chi connectivity index (χ1) is 12.8. The van der Waals surface area contributed by atoms with Crippen molar-refractivity contribution in [1.29, 1.82) is 0 Å². The minimum atomic E-state index is 0.508. The van der Waals surface area contributed by atoms with Crippen molar-refractivity contribution >= 4 is 11.9 Å². The fourth-order valence-electron chi connectivity index (χ4n) is 2.59. The first-order valence-electron chi connectivity index (χ1n) is 8.76. The summed E-state index contributed by atoms with van der Waals surface area (Å²) in [7, 11) is 1.65. The van der Waals surface area contributed by atoms with Gasteiger partial charge in [0.05, 0.1) is 12.8 Å². The molecule has 26 heavy (non-hydrogen) atoms. The van der Waals surface area contributed by atoms with Crippen molar-refractivity contribution in [1.82, 2.24) is 0 Å². The minimum Gasteiger partial charge on any atom is -0.493 e. The number of benzene rings is 3. The normalized spacial score (nSPS) is 10.8. The Hall–Kier alpha value is -3.07. The maximum atomic E-state index is 5.89. The molecule has 0 aliphatic heterocycles. The van der Waals surface area contributed by atoms with Crippen LogP contribution in [0.3, 0.4) is 0 Å². The summed E-state index contributed by atoms with van der Waals surface area (Å²) in [5, 5.41) is 0. The largest absolute Gasteiger partial charge is 0.493 e. The number of hydrogen-bond acceptors (Lipinski definition) is 3. The second kappa shape index (κ2) is 8.86. The molecule has 0 heterocycles. The summed E-state index contributed by atoms with van der Waals surface area (Å²) in [4.78, 5) is 4.53. The molecule has 0 saturated carbocycles. The number of aliphatic imine (C=N–C) groups is 1. The van der Waals surface area contributed by atoms with Crippen LogP contribution in [-0.4, -0.2) is 13.3 Å². The van der Waals surface area contributed by atoms with Crippen molar-refractivity contribution in [2.45, 2.75) is 20.0 Å². The van der Waals surface area contributed by atoms with E-state index in [0.29, 0.717) is 12.4 Å². The Bertz CT molecular complexity index is 855. The highest BCUT2D eigenvalue weighted by atomic mass is 16.5. The molecule has 0 aliphatic carbocycles. The average Bonchev–Trinajstić information content (AvgIpc) is 2.72. The smallest absolute Gasteiger partial charge is 0.161 e. The lowest BCUT2D eigenvalue weighted by Crippen LogP contribution is -1.98. The summed E-state index contributed by atoms with van der Waals surface area (Å²) in [6.45, 7) is 2.65. The van der Waals surface area contributed by atoms with Crippen molar-refractivity contribution < 1.29 is 9.47 Å². The summed E-state index contributed by atoms with van der Waals surface area (Å²) in [5.74, 6) is 1.42. The number of aryl methyl sites for hydroxylation is 1. The highest BCUT2D eigenvalue weighted by molar-refractivity contribution is 5.83. The van der Waals surface area contributed by atoms with Gasteiger partial charge in [0, 0.05) is 6.21 Å². The number of hydrogen-bond donors (Lipinski definition) is 0. The molecule has 0 unspecified atom stereocenters. The van der Waals surface area contributed by atoms with E-state index in [4.69, 9.17) is 9.47 Å². The third-order valence-electron chi connectivity index (χ3n) is 4.13. The minimum absolute atomic E-state index is 0.508. The van der Waals surface area contributed by atoms with E-state index < -0.39 is 0 Å². The van der Waals surface area contributed by atoms with E-state index in [1.54, 1.807) is 7.11 Å². The van der Waals surface area contributed by atoms with Gasteiger partial charge in [0.25, 0.3) is 0 Å². The van der Waals surface area contributed by atoms with E-state index in [9.17, 15) is 0 Å². The summed E-state index contributed by atoms with van der Waals surface area (Å²) >= 11 is 0. The number of rotatable bonds is 7. The van der Waals surface area contributed by atoms with Crippen LogP contribution in [0.4, 0.5) is 5.69 Å². The molecular formula is C23H23NO2. The first-order valence-corrected chi connectivity index (χ1v) is 8.76. The lowest BCUT2D eigenvalue weighted by molar-refractivity contribution is 0.284.